The number of ether oxygens (including phenoxy) is 1. The Morgan fingerprint density at radius 2 is 1.88 bits per heavy atom. The largest absolute Gasteiger partial charge is 0.484 e. The summed E-state index contributed by atoms with van der Waals surface area (Å²) in [5.74, 6) is 2.03. The van der Waals surface area contributed by atoms with Crippen LogP contribution >= 0.6 is 11.8 Å². The van der Waals surface area contributed by atoms with E-state index in [-0.39, 0.29) is 18.8 Å². The zero-order chi connectivity index (χ0) is 23.5. The van der Waals surface area contributed by atoms with E-state index in [1.807, 2.05) is 71.3 Å². The Bertz CT molecular complexity index is 1320. The van der Waals surface area contributed by atoms with E-state index >= 15 is 0 Å². The van der Waals surface area contributed by atoms with E-state index < -0.39 is 6.03 Å². The van der Waals surface area contributed by atoms with Crippen molar-refractivity contribution < 1.29 is 14.6 Å². The molecule has 0 spiro atoms. The second-order valence-corrected chi connectivity index (χ2v) is 9.20. The summed E-state index contributed by atoms with van der Waals surface area (Å²) in [6.07, 6.45) is 3.25. The van der Waals surface area contributed by atoms with Crippen molar-refractivity contribution in [3.63, 3.8) is 0 Å². The number of aromatic nitrogens is 3. The van der Waals surface area contributed by atoms with Gasteiger partial charge in [0.1, 0.15) is 11.9 Å². The first-order chi connectivity index (χ1) is 16.6. The minimum Gasteiger partial charge on any atom is -0.484 e. The molecule has 2 atom stereocenters. The van der Waals surface area contributed by atoms with Crippen molar-refractivity contribution in [1.29, 1.82) is 0 Å². The molecule has 0 radical (unpaired) electrons. The molecular formula is C25H25N5O3S. The van der Waals surface area contributed by atoms with E-state index in [0.29, 0.717) is 11.5 Å². The highest BCUT2D eigenvalue weighted by Gasteiger charge is 2.29. The lowest BCUT2D eigenvalue weighted by molar-refractivity contribution is 0.171. The maximum absolute atomic E-state index is 11.4. The highest BCUT2D eigenvalue weighted by atomic mass is 32.2. The number of nitrogens with zero attached hydrogens (tertiary/aromatic N) is 3. The van der Waals surface area contributed by atoms with Crippen molar-refractivity contribution in [3.8, 4) is 17.1 Å². The number of hydrogen-bond acceptors (Lipinski definition) is 6. The van der Waals surface area contributed by atoms with Crippen molar-refractivity contribution in [1.82, 2.24) is 19.9 Å². The van der Waals surface area contributed by atoms with Crippen LogP contribution in [0.4, 0.5) is 4.79 Å². The Hall–Kier alpha value is -3.56. The number of hydrogen-bond donors (Lipinski definition) is 3. The molecule has 0 saturated heterocycles. The predicted molar refractivity (Wildman–Crippen MR) is 131 cm³/mol. The van der Waals surface area contributed by atoms with Gasteiger partial charge in [0.2, 0.25) is 0 Å². The number of aliphatic hydroxyl groups is 1. The molecule has 0 saturated carbocycles. The summed E-state index contributed by atoms with van der Waals surface area (Å²) in [6.45, 7) is 0.107. The number of rotatable bonds is 7. The highest BCUT2D eigenvalue weighted by molar-refractivity contribution is 7.99. The lowest BCUT2D eigenvalue weighted by atomic mass is 9.85. The van der Waals surface area contributed by atoms with Crippen LogP contribution < -0.4 is 15.8 Å². The van der Waals surface area contributed by atoms with Gasteiger partial charge in [-0.1, -0.05) is 42.5 Å². The van der Waals surface area contributed by atoms with Crippen LogP contribution in [-0.4, -0.2) is 38.1 Å². The first-order valence-electron chi connectivity index (χ1n) is 11.1. The molecule has 2 heterocycles. The molecular weight excluding hydrogens is 450 g/mol. The third-order valence-electron chi connectivity index (χ3n) is 5.88. The number of carbonyl (C=O) groups is 1. The van der Waals surface area contributed by atoms with Gasteiger partial charge in [0, 0.05) is 16.2 Å². The van der Waals surface area contributed by atoms with Crippen LogP contribution in [0.3, 0.4) is 0 Å². The SMILES string of the molecule is NC(=O)N[C@H]1CC[C@H](Oc2ccc3nnc(-c4ccccc4SCCO)n3c2)c2ccccc21. The summed E-state index contributed by atoms with van der Waals surface area (Å²) in [5, 5.41) is 20.8. The number of aliphatic hydroxyl groups excluding tert-OH is 1. The van der Waals surface area contributed by atoms with Crippen molar-refractivity contribution >= 4 is 23.4 Å². The fourth-order valence-corrected chi connectivity index (χ4v) is 5.22. The van der Waals surface area contributed by atoms with Gasteiger partial charge >= 0.3 is 6.03 Å². The maximum atomic E-state index is 11.4. The Kier molecular flexibility index (Phi) is 6.37. The van der Waals surface area contributed by atoms with Crippen LogP contribution in [0.1, 0.15) is 36.1 Å². The van der Waals surface area contributed by atoms with Gasteiger partial charge in [0.05, 0.1) is 18.8 Å². The van der Waals surface area contributed by atoms with Gasteiger partial charge in [-0.05, 0) is 42.2 Å². The van der Waals surface area contributed by atoms with E-state index in [4.69, 9.17) is 10.5 Å². The number of primary amides is 1. The van der Waals surface area contributed by atoms with Crippen LogP contribution in [0.15, 0.2) is 71.8 Å². The normalized spacial score (nSPS) is 17.3. The molecule has 1 aliphatic carbocycles. The van der Waals surface area contributed by atoms with Crippen molar-refractivity contribution in [2.24, 2.45) is 5.73 Å². The quantitative estimate of drug-likeness (QED) is 0.347. The molecule has 2 aromatic heterocycles. The predicted octanol–water partition coefficient (Wildman–Crippen LogP) is 4.10. The van der Waals surface area contributed by atoms with Crippen LogP contribution in [0, 0.1) is 0 Å². The minimum absolute atomic E-state index is 0.107. The fraction of sp³-hybridized carbons (Fsp3) is 0.240. The molecule has 2 amide bonds. The molecule has 0 bridgehead atoms. The summed E-state index contributed by atoms with van der Waals surface area (Å²) < 4.78 is 8.37. The average molecular weight is 476 g/mol. The number of urea groups is 1. The lowest BCUT2D eigenvalue weighted by Crippen LogP contribution is -2.36. The highest BCUT2D eigenvalue weighted by Crippen LogP contribution is 2.39. The van der Waals surface area contributed by atoms with Crippen molar-refractivity contribution in [2.45, 2.75) is 29.9 Å². The molecule has 34 heavy (non-hydrogen) atoms. The number of nitrogens with one attached hydrogen (secondary N) is 1. The van der Waals surface area contributed by atoms with E-state index in [0.717, 1.165) is 45.9 Å². The van der Waals surface area contributed by atoms with Crippen LogP contribution in [0.2, 0.25) is 0 Å². The minimum atomic E-state index is -0.526. The molecule has 1 aliphatic rings. The molecule has 2 aromatic carbocycles. The zero-order valence-corrected chi connectivity index (χ0v) is 19.2. The first kappa shape index (κ1) is 22.2. The average Bonchev–Trinajstić information content (AvgIpc) is 3.27. The monoisotopic (exact) mass is 475 g/mol. The third kappa shape index (κ3) is 4.44. The molecule has 5 rings (SSSR count). The van der Waals surface area contributed by atoms with Gasteiger partial charge < -0.3 is 20.9 Å². The van der Waals surface area contributed by atoms with Gasteiger partial charge in [-0.2, -0.15) is 0 Å². The van der Waals surface area contributed by atoms with Gasteiger partial charge in [-0.25, -0.2) is 4.79 Å². The Morgan fingerprint density at radius 3 is 2.71 bits per heavy atom. The van der Waals surface area contributed by atoms with Gasteiger partial charge in [-0.3, -0.25) is 4.40 Å². The Morgan fingerprint density at radius 1 is 1.09 bits per heavy atom. The number of fused-ring (bicyclic) bond motifs is 2. The molecule has 174 valence electrons. The second kappa shape index (κ2) is 9.74. The standard InChI is InChI=1S/C25H25N5O3S/c26-25(32)27-20-10-11-21(18-6-2-1-5-17(18)20)33-16-9-12-23-28-29-24(30(23)15-16)19-7-3-4-8-22(19)34-14-13-31/h1-9,12,15,20-21,31H,10-11,13-14H2,(H3,26,27,32)/t20-,21-/m0/s1. The second-order valence-electron chi connectivity index (χ2n) is 8.06. The summed E-state index contributed by atoms with van der Waals surface area (Å²) in [7, 11) is 0. The maximum Gasteiger partial charge on any atom is 0.312 e. The van der Waals surface area contributed by atoms with Crippen LogP contribution in [0.25, 0.3) is 17.0 Å². The van der Waals surface area contributed by atoms with Gasteiger partial charge in [0.15, 0.2) is 11.5 Å². The summed E-state index contributed by atoms with van der Waals surface area (Å²) in [4.78, 5) is 12.5. The third-order valence-corrected chi connectivity index (χ3v) is 6.94. The molecule has 4 N–H and O–H groups in total. The molecule has 4 aromatic rings. The fourth-order valence-electron chi connectivity index (χ4n) is 4.42. The molecule has 0 aliphatic heterocycles. The zero-order valence-electron chi connectivity index (χ0n) is 18.4. The molecule has 0 fully saturated rings. The van der Waals surface area contributed by atoms with Crippen LogP contribution in [-0.2, 0) is 0 Å². The van der Waals surface area contributed by atoms with E-state index in [9.17, 15) is 9.90 Å². The number of thioether (sulfide) groups is 1. The van der Waals surface area contributed by atoms with Crippen molar-refractivity contribution in [2.75, 3.05) is 12.4 Å². The summed E-state index contributed by atoms with van der Waals surface area (Å²) in [5.41, 5.74) is 9.12. The Balaban J connectivity index is 1.46. The van der Waals surface area contributed by atoms with E-state index in [1.54, 1.807) is 11.8 Å². The number of amides is 2. The number of nitrogens with two attached hydrogens (primary N) is 1. The lowest BCUT2D eigenvalue weighted by Gasteiger charge is -2.32. The van der Waals surface area contributed by atoms with E-state index in [2.05, 4.69) is 15.5 Å². The van der Waals surface area contributed by atoms with E-state index in [1.165, 1.54) is 0 Å². The molecule has 9 heteroatoms. The molecule has 8 nitrogen and oxygen atoms in total. The van der Waals surface area contributed by atoms with Gasteiger partial charge in [0.25, 0.3) is 0 Å². The number of carbonyl (C=O) groups excluding carboxylic acids is 1. The summed E-state index contributed by atoms with van der Waals surface area (Å²) in [6, 6.07) is 19.1. The van der Waals surface area contributed by atoms with Crippen LogP contribution in [0.5, 0.6) is 5.75 Å². The number of benzene rings is 2. The van der Waals surface area contributed by atoms with Crippen molar-refractivity contribution in [3.05, 3.63) is 78.0 Å². The first-order valence-corrected chi connectivity index (χ1v) is 12.1. The Labute approximate surface area is 201 Å². The smallest absolute Gasteiger partial charge is 0.312 e. The summed E-state index contributed by atoms with van der Waals surface area (Å²) >= 11 is 1.58. The topological polar surface area (TPSA) is 115 Å². The van der Waals surface area contributed by atoms with Gasteiger partial charge in [-0.15, -0.1) is 22.0 Å². The number of pyridine rings is 1. The molecule has 0 unspecified atom stereocenters.